The van der Waals surface area contributed by atoms with Crippen molar-refractivity contribution in [3.63, 3.8) is 0 Å². The van der Waals surface area contributed by atoms with Crippen LogP contribution >= 0.6 is 0 Å². The number of alkyl halides is 1. The number of halogens is 1. The second kappa shape index (κ2) is 9.22. The molecule has 1 aromatic heterocycles. The first-order valence-corrected chi connectivity index (χ1v) is 11.8. The van der Waals surface area contributed by atoms with Gasteiger partial charge in [-0.05, 0) is 47.9 Å². The summed E-state index contributed by atoms with van der Waals surface area (Å²) in [5, 5.41) is 6.75. The van der Waals surface area contributed by atoms with E-state index in [4.69, 9.17) is 4.74 Å². The number of ether oxygens (including phenoxy) is 1. The predicted molar refractivity (Wildman–Crippen MR) is 125 cm³/mol. The molecule has 0 radical (unpaired) electrons. The minimum absolute atomic E-state index is 0.0770. The van der Waals surface area contributed by atoms with Crippen molar-refractivity contribution in [1.29, 1.82) is 0 Å². The summed E-state index contributed by atoms with van der Waals surface area (Å²) < 4.78 is 49.3. The Morgan fingerprint density at radius 2 is 1.85 bits per heavy atom. The van der Waals surface area contributed by atoms with Crippen molar-refractivity contribution in [2.24, 2.45) is 7.05 Å². The first-order chi connectivity index (χ1) is 15.4. The van der Waals surface area contributed by atoms with Crippen LogP contribution in [0.15, 0.2) is 59.6 Å². The Morgan fingerprint density at radius 3 is 2.45 bits per heavy atom. The van der Waals surface area contributed by atoms with E-state index in [1.807, 2.05) is 13.8 Å². The van der Waals surface area contributed by atoms with Crippen molar-refractivity contribution < 1.29 is 22.3 Å². The van der Waals surface area contributed by atoms with E-state index in [1.54, 1.807) is 37.4 Å². The molecule has 2 N–H and O–H groups in total. The molecule has 0 saturated heterocycles. The molecule has 0 unspecified atom stereocenters. The summed E-state index contributed by atoms with van der Waals surface area (Å²) in [5.41, 5.74) is 1.60. The van der Waals surface area contributed by atoms with Gasteiger partial charge in [0, 0.05) is 38.8 Å². The zero-order chi connectivity index (χ0) is 24.4. The SMILES string of the molecule is CC(C)c1cc(NC(=O)c2ccnn2C)ccc1S(=O)(=O)Nc1cccc(OC(C)(C)F)c1. The molecule has 0 saturated carbocycles. The van der Waals surface area contributed by atoms with Gasteiger partial charge in [-0.25, -0.2) is 8.42 Å². The van der Waals surface area contributed by atoms with Crippen molar-refractivity contribution in [2.75, 3.05) is 10.0 Å². The molecule has 3 rings (SSSR count). The van der Waals surface area contributed by atoms with Crippen LogP contribution in [0.3, 0.4) is 0 Å². The molecular formula is C23H27FN4O4S. The van der Waals surface area contributed by atoms with Gasteiger partial charge in [0.2, 0.25) is 5.85 Å². The van der Waals surface area contributed by atoms with Crippen molar-refractivity contribution in [3.8, 4) is 5.75 Å². The van der Waals surface area contributed by atoms with Crippen LogP contribution in [0.1, 0.15) is 49.7 Å². The molecule has 0 bridgehead atoms. The Hall–Kier alpha value is -3.40. The lowest BCUT2D eigenvalue weighted by Crippen LogP contribution is -2.21. The van der Waals surface area contributed by atoms with Crippen LogP contribution in [0.2, 0.25) is 0 Å². The van der Waals surface area contributed by atoms with Gasteiger partial charge in [0.15, 0.2) is 0 Å². The summed E-state index contributed by atoms with van der Waals surface area (Å²) in [6.45, 7) is 6.23. The van der Waals surface area contributed by atoms with Crippen molar-refractivity contribution in [1.82, 2.24) is 9.78 Å². The third-order valence-electron chi connectivity index (χ3n) is 4.68. The van der Waals surface area contributed by atoms with Crippen LogP contribution in [-0.4, -0.2) is 30.0 Å². The number of nitrogens with one attached hydrogen (secondary N) is 2. The highest BCUT2D eigenvalue weighted by atomic mass is 32.2. The average Bonchev–Trinajstić information content (AvgIpc) is 3.12. The fourth-order valence-electron chi connectivity index (χ4n) is 3.23. The summed E-state index contributed by atoms with van der Waals surface area (Å²) in [4.78, 5) is 12.6. The third-order valence-corrected chi connectivity index (χ3v) is 6.13. The number of nitrogens with zero attached hydrogens (tertiary/aromatic N) is 2. The number of carbonyl (C=O) groups is 1. The summed E-state index contributed by atoms with van der Waals surface area (Å²) in [5.74, 6) is -2.21. The maximum atomic E-state index is 13.8. The van der Waals surface area contributed by atoms with Crippen LogP contribution in [0.5, 0.6) is 5.75 Å². The van der Waals surface area contributed by atoms with Gasteiger partial charge in [-0.1, -0.05) is 19.9 Å². The Balaban J connectivity index is 1.88. The fraction of sp³-hybridized carbons (Fsp3) is 0.304. The number of aryl methyl sites for hydroxylation is 1. The zero-order valence-electron chi connectivity index (χ0n) is 19.1. The van der Waals surface area contributed by atoms with Crippen molar-refractivity contribution in [3.05, 3.63) is 66.0 Å². The maximum Gasteiger partial charge on any atom is 0.273 e. The number of anilines is 2. The van der Waals surface area contributed by atoms with Crippen molar-refractivity contribution in [2.45, 2.75) is 44.4 Å². The molecule has 10 heteroatoms. The number of hydrogen-bond acceptors (Lipinski definition) is 5. The van der Waals surface area contributed by atoms with E-state index in [9.17, 15) is 17.6 Å². The minimum Gasteiger partial charge on any atom is -0.458 e. The molecule has 1 heterocycles. The van der Waals surface area contributed by atoms with Crippen LogP contribution in [-0.2, 0) is 17.1 Å². The standard InChI is InChI=1S/C23H27FN4O4S/c1-15(2)19-14-16(26-22(29)20-11-12-25-28(20)5)9-10-21(19)33(30,31)27-17-7-6-8-18(13-17)32-23(3,4)24/h6-15,27H,1-5H3,(H,26,29). The molecule has 3 aromatic rings. The van der Waals surface area contributed by atoms with E-state index < -0.39 is 15.9 Å². The second-order valence-corrected chi connectivity index (χ2v) is 9.95. The number of aromatic nitrogens is 2. The highest BCUT2D eigenvalue weighted by Gasteiger charge is 2.23. The van der Waals surface area contributed by atoms with Gasteiger partial charge < -0.3 is 10.1 Å². The molecular weight excluding hydrogens is 447 g/mol. The van der Waals surface area contributed by atoms with Gasteiger partial charge >= 0.3 is 0 Å². The number of amides is 1. The van der Waals surface area contributed by atoms with Crippen LogP contribution < -0.4 is 14.8 Å². The van der Waals surface area contributed by atoms with E-state index in [0.29, 0.717) is 16.9 Å². The zero-order valence-corrected chi connectivity index (χ0v) is 19.9. The first kappa shape index (κ1) is 24.2. The van der Waals surface area contributed by atoms with Gasteiger partial charge in [0.05, 0.1) is 10.6 Å². The highest BCUT2D eigenvalue weighted by Crippen LogP contribution is 2.30. The fourth-order valence-corrected chi connectivity index (χ4v) is 4.63. The van der Waals surface area contributed by atoms with E-state index in [2.05, 4.69) is 15.1 Å². The molecule has 1 amide bonds. The first-order valence-electron chi connectivity index (χ1n) is 10.3. The molecule has 8 nitrogen and oxygen atoms in total. The highest BCUT2D eigenvalue weighted by molar-refractivity contribution is 7.92. The molecule has 0 atom stereocenters. The largest absolute Gasteiger partial charge is 0.458 e. The molecule has 0 aliphatic heterocycles. The number of carbonyl (C=O) groups excluding carboxylic acids is 1. The van der Waals surface area contributed by atoms with Gasteiger partial charge in [0.1, 0.15) is 11.4 Å². The number of sulfonamides is 1. The summed E-state index contributed by atoms with van der Waals surface area (Å²) in [6, 6.07) is 12.3. The van der Waals surface area contributed by atoms with E-state index in [1.165, 1.54) is 42.9 Å². The molecule has 176 valence electrons. The summed E-state index contributed by atoms with van der Waals surface area (Å²) in [7, 11) is -2.31. The quantitative estimate of drug-likeness (QED) is 0.494. The topological polar surface area (TPSA) is 102 Å². The average molecular weight is 475 g/mol. The van der Waals surface area contributed by atoms with E-state index >= 15 is 0 Å². The Morgan fingerprint density at radius 1 is 1.12 bits per heavy atom. The van der Waals surface area contributed by atoms with Crippen LogP contribution in [0.4, 0.5) is 15.8 Å². The maximum absolute atomic E-state index is 13.8. The summed E-state index contributed by atoms with van der Waals surface area (Å²) >= 11 is 0. The van der Waals surface area contributed by atoms with Crippen molar-refractivity contribution >= 4 is 27.3 Å². The molecule has 0 spiro atoms. The predicted octanol–water partition coefficient (Wildman–Crippen LogP) is 4.68. The lowest BCUT2D eigenvalue weighted by atomic mass is 10.0. The van der Waals surface area contributed by atoms with Crippen LogP contribution in [0.25, 0.3) is 0 Å². The number of hydrogen-bond donors (Lipinski definition) is 2. The van der Waals surface area contributed by atoms with E-state index in [0.717, 1.165) is 0 Å². The second-order valence-electron chi connectivity index (χ2n) is 8.30. The van der Waals surface area contributed by atoms with Crippen LogP contribution in [0, 0.1) is 0 Å². The lowest BCUT2D eigenvalue weighted by molar-refractivity contribution is -0.0256. The third kappa shape index (κ3) is 6.10. The molecule has 33 heavy (non-hydrogen) atoms. The van der Waals surface area contributed by atoms with Gasteiger partial charge in [-0.3, -0.25) is 14.2 Å². The molecule has 2 aromatic carbocycles. The molecule has 0 aliphatic rings. The van der Waals surface area contributed by atoms with Gasteiger partial charge in [0.25, 0.3) is 15.9 Å². The number of rotatable bonds is 8. The Kier molecular flexibility index (Phi) is 6.78. The number of benzene rings is 2. The molecule has 0 fully saturated rings. The molecule has 0 aliphatic carbocycles. The lowest BCUT2D eigenvalue weighted by Gasteiger charge is -2.19. The van der Waals surface area contributed by atoms with Gasteiger partial charge in [-0.2, -0.15) is 9.49 Å². The normalized spacial score (nSPS) is 12.0. The van der Waals surface area contributed by atoms with Gasteiger partial charge in [-0.15, -0.1) is 0 Å². The summed E-state index contributed by atoms with van der Waals surface area (Å²) in [6.07, 6.45) is 1.52. The Labute approximate surface area is 192 Å². The van der Waals surface area contributed by atoms with E-state index in [-0.39, 0.29) is 28.2 Å². The Bertz CT molecular complexity index is 1260. The monoisotopic (exact) mass is 474 g/mol. The smallest absolute Gasteiger partial charge is 0.273 e. The minimum atomic E-state index is -3.97.